The zero-order valence-corrected chi connectivity index (χ0v) is 19.9. The van der Waals surface area contributed by atoms with Crippen LogP contribution in [0.2, 0.25) is 0 Å². The Kier molecular flexibility index (Phi) is 3.80. The third-order valence-corrected chi connectivity index (χ3v) is 7.28. The molecule has 0 radical (unpaired) electrons. The molecule has 5 aromatic rings. The van der Waals surface area contributed by atoms with E-state index in [-0.39, 0.29) is 11.0 Å². The Labute approximate surface area is 189 Å². The lowest BCUT2D eigenvalue weighted by atomic mass is 9.83. The SMILES string of the molecule is Cc1c(CC(C)(C)C)ccc2c3ccnc4c3n(c12)C(C)(C)c1cc2ccccc2cc1-4. The lowest BCUT2D eigenvalue weighted by Gasteiger charge is -2.36. The second kappa shape index (κ2) is 6.22. The summed E-state index contributed by atoms with van der Waals surface area (Å²) >= 11 is 0. The predicted molar refractivity (Wildman–Crippen MR) is 137 cm³/mol. The fraction of sp³-hybridized carbons (Fsp3) is 0.300. The molecule has 6 rings (SSSR count). The molecule has 0 aliphatic carbocycles. The summed E-state index contributed by atoms with van der Waals surface area (Å²) in [5, 5.41) is 5.21. The van der Waals surface area contributed by atoms with Gasteiger partial charge in [-0.25, -0.2) is 0 Å². The van der Waals surface area contributed by atoms with Crippen molar-refractivity contribution in [1.29, 1.82) is 0 Å². The minimum Gasteiger partial charge on any atom is -0.329 e. The van der Waals surface area contributed by atoms with E-state index in [4.69, 9.17) is 4.98 Å². The Hall–Kier alpha value is -3.13. The van der Waals surface area contributed by atoms with Crippen molar-refractivity contribution >= 4 is 32.6 Å². The zero-order chi connectivity index (χ0) is 22.4. The average molecular weight is 419 g/mol. The van der Waals surface area contributed by atoms with Crippen molar-refractivity contribution in [3.63, 3.8) is 0 Å². The number of rotatable bonds is 1. The average Bonchev–Trinajstić information content (AvgIpc) is 3.09. The molecule has 0 fully saturated rings. The smallest absolute Gasteiger partial charge is 0.0949 e. The summed E-state index contributed by atoms with van der Waals surface area (Å²) in [7, 11) is 0. The molecule has 0 unspecified atom stereocenters. The van der Waals surface area contributed by atoms with Crippen LogP contribution in [0.15, 0.2) is 60.8 Å². The van der Waals surface area contributed by atoms with Crippen molar-refractivity contribution < 1.29 is 0 Å². The van der Waals surface area contributed by atoms with Crippen molar-refractivity contribution in [2.24, 2.45) is 5.41 Å². The van der Waals surface area contributed by atoms with Gasteiger partial charge in [0.25, 0.3) is 0 Å². The maximum atomic E-state index is 4.94. The van der Waals surface area contributed by atoms with E-state index in [1.165, 1.54) is 54.8 Å². The highest BCUT2D eigenvalue weighted by atomic mass is 15.1. The normalized spacial score (nSPS) is 14.9. The molecule has 2 aromatic heterocycles. The first-order valence-electron chi connectivity index (χ1n) is 11.6. The number of hydrogen-bond acceptors (Lipinski definition) is 1. The summed E-state index contributed by atoms with van der Waals surface area (Å²) < 4.78 is 2.58. The molecule has 3 heterocycles. The van der Waals surface area contributed by atoms with Gasteiger partial charge >= 0.3 is 0 Å². The number of hydrogen-bond donors (Lipinski definition) is 0. The van der Waals surface area contributed by atoms with E-state index in [0.717, 1.165) is 12.1 Å². The topological polar surface area (TPSA) is 17.8 Å². The van der Waals surface area contributed by atoms with Crippen LogP contribution < -0.4 is 0 Å². The van der Waals surface area contributed by atoms with Crippen molar-refractivity contribution in [2.45, 2.75) is 53.5 Å². The molecule has 32 heavy (non-hydrogen) atoms. The Morgan fingerprint density at radius 2 is 1.56 bits per heavy atom. The summed E-state index contributed by atoms with van der Waals surface area (Å²) in [4.78, 5) is 4.94. The highest BCUT2D eigenvalue weighted by Crippen LogP contribution is 2.49. The molecule has 3 aromatic carbocycles. The summed E-state index contributed by atoms with van der Waals surface area (Å²) in [5.41, 5.74) is 9.27. The number of benzene rings is 3. The van der Waals surface area contributed by atoms with Gasteiger partial charge in [0, 0.05) is 22.5 Å². The van der Waals surface area contributed by atoms with Crippen molar-refractivity contribution in [2.75, 3.05) is 0 Å². The van der Waals surface area contributed by atoms with Gasteiger partial charge in [0.2, 0.25) is 0 Å². The molecule has 0 saturated heterocycles. The van der Waals surface area contributed by atoms with E-state index in [9.17, 15) is 0 Å². The van der Waals surface area contributed by atoms with E-state index in [1.807, 2.05) is 6.20 Å². The minimum atomic E-state index is -0.180. The maximum Gasteiger partial charge on any atom is 0.0949 e. The predicted octanol–water partition coefficient (Wildman–Crippen LogP) is 8.00. The first kappa shape index (κ1) is 19.5. The number of nitrogens with zero attached hydrogens (tertiary/aromatic N) is 2. The van der Waals surface area contributed by atoms with Crippen LogP contribution in [-0.2, 0) is 12.0 Å². The standard InChI is InChI=1S/C30H30N2/c1-18-21(17-29(2,3)4)11-12-22-23-13-14-31-26-24-15-19-9-7-8-10-20(19)16-25(24)30(5,6)32(27(18)22)28(23)26/h7-16H,17H2,1-6H3. The first-order chi connectivity index (χ1) is 15.2. The molecule has 0 saturated carbocycles. The number of aromatic nitrogens is 2. The summed E-state index contributed by atoms with van der Waals surface area (Å²) in [6.45, 7) is 14.0. The lowest BCUT2D eigenvalue weighted by molar-refractivity contribution is 0.410. The second-order valence-corrected chi connectivity index (χ2v) is 11.2. The molecule has 1 aliphatic rings. The van der Waals surface area contributed by atoms with Crippen molar-refractivity contribution in [1.82, 2.24) is 9.55 Å². The van der Waals surface area contributed by atoms with Gasteiger partial charge in [-0.05, 0) is 78.3 Å². The van der Waals surface area contributed by atoms with Gasteiger partial charge < -0.3 is 4.57 Å². The minimum absolute atomic E-state index is 0.180. The molecule has 0 N–H and O–H groups in total. The summed E-state index contributed by atoms with van der Waals surface area (Å²) in [5.74, 6) is 0. The molecule has 0 bridgehead atoms. The molecule has 2 nitrogen and oxygen atoms in total. The fourth-order valence-electron chi connectivity index (χ4n) is 5.84. The van der Waals surface area contributed by atoms with Gasteiger partial charge in [-0.1, -0.05) is 57.2 Å². The Morgan fingerprint density at radius 3 is 2.28 bits per heavy atom. The monoisotopic (exact) mass is 418 g/mol. The molecule has 0 atom stereocenters. The molecule has 1 aliphatic heterocycles. The van der Waals surface area contributed by atoms with Gasteiger partial charge in [0.05, 0.1) is 22.3 Å². The Bertz CT molecular complexity index is 1560. The largest absolute Gasteiger partial charge is 0.329 e. The van der Waals surface area contributed by atoms with Gasteiger partial charge in [0.15, 0.2) is 0 Å². The molecule has 160 valence electrons. The van der Waals surface area contributed by atoms with Crippen molar-refractivity contribution in [3.8, 4) is 11.3 Å². The van der Waals surface area contributed by atoms with Crippen LogP contribution in [-0.4, -0.2) is 9.55 Å². The van der Waals surface area contributed by atoms with Crippen LogP contribution in [0.3, 0.4) is 0 Å². The van der Waals surface area contributed by atoms with Gasteiger partial charge in [-0.15, -0.1) is 0 Å². The lowest BCUT2D eigenvalue weighted by Crippen LogP contribution is -2.31. The number of pyridine rings is 1. The fourth-order valence-corrected chi connectivity index (χ4v) is 5.84. The molecule has 0 spiro atoms. The number of aryl methyl sites for hydroxylation is 1. The highest BCUT2D eigenvalue weighted by molar-refractivity contribution is 6.14. The maximum absolute atomic E-state index is 4.94. The van der Waals surface area contributed by atoms with Crippen LogP contribution in [0, 0.1) is 12.3 Å². The summed E-state index contributed by atoms with van der Waals surface area (Å²) in [6, 6.07) is 20.3. The van der Waals surface area contributed by atoms with E-state index in [0.29, 0.717) is 0 Å². The quantitative estimate of drug-likeness (QED) is 0.270. The number of fused-ring (bicyclic) bond motifs is 6. The first-order valence-corrected chi connectivity index (χ1v) is 11.6. The molecular weight excluding hydrogens is 388 g/mol. The van der Waals surface area contributed by atoms with E-state index >= 15 is 0 Å². The second-order valence-electron chi connectivity index (χ2n) is 11.2. The Morgan fingerprint density at radius 1 is 0.875 bits per heavy atom. The Balaban J connectivity index is 1.78. The molecular formula is C30H30N2. The van der Waals surface area contributed by atoms with Crippen LogP contribution in [0.1, 0.15) is 51.3 Å². The van der Waals surface area contributed by atoms with Crippen LogP contribution in [0.25, 0.3) is 43.8 Å². The molecule has 0 amide bonds. The van der Waals surface area contributed by atoms with E-state index in [1.54, 1.807) is 0 Å². The third-order valence-electron chi connectivity index (χ3n) is 7.28. The highest BCUT2D eigenvalue weighted by Gasteiger charge is 2.36. The van der Waals surface area contributed by atoms with Crippen LogP contribution in [0.5, 0.6) is 0 Å². The van der Waals surface area contributed by atoms with Gasteiger partial charge in [-0.2, -0.15) is 0 Å². The van der Waals surface area contributed by atoms with Crippen molar-refractivity contribution in [3.05, 3.63) is 77.5 Å². The van der Waals surface area contributed by atoms with E-state index < -0.39 is 0 Å². The van der Waals surface area contributed by atoms with Gasteiger partial charge in [-0.3, -0.25) is 4.98 Å². The summed E-state index contributed by atoms with van der Waals surface area (Å²) in [6.07, 6.45) is 3.06. The third kappa shape index (κ3) is 2.56. The van der Waals surface area contributed by atoms with E-state index in [2.05, 4.69) is 101 Å². The van der Waals surface area contributed by atoms with Crippen LogP contribution >= 0.6 is 0 Å². The van der Waals surface area contributed by atoms with Gasteiger partial charge in [0.1, 0.15) is 0 Å². The zero-order valence-electron chi connectivity index (χ0n) is 19.9. The molecule has 2 heteroatoms. The van der Waals surface area contributed by atoms with Crippen LogP contribution in [0.4, 0.5) is 0 Å².